The zero-order valence-electron chi connectivity index (χ0n) is 14.2. The number of amides is 2. The molecule has 1 aromatic carbocycles. The number of benzene rings is 1. The Morgan fingerprint density at radius 2 is 1.84 bits per heavy atom. The predicted molar refractivity (Wildman–Crippen MR) is 95.4 cm³/mol. The number of nitriles is 1. The van der Waals surface area contributed by atoms with Crippen LogP contribution in [0.4, 0.5) is 9.39 Å². The van der Waals surface area contributed by atoms with E-state index in [1.54, 1.807) is 11.8 Å². The normalized spacial score (nSPS) is 10.2. The molecule has 0 unspecified atom stereocenters. The van der Waals surface area contributed by atoms with Gasteiger partial charge in [0.25, 0.3) is 11.8 Å². The van der Waals surface area contributed by atoms with Crippen molar-refractivity contribution in [2.24, 2.45) is 0 Å². The fourth-order valence-electron chi connectivity index (χ4n) is 2.37. The van der Waals surface area contributed by atoms with Crippen molar-refractivity contribution in [1.82, 2.24) is 4.90 Å². The molecule has 1 N–H and O–H groups in total. The van der Waals surface area contributed by atoms with Crippen molar-refractivity contribution in [2.75, 3.05) is 18.4 Å². The highest BCUT2D eigenvalue weighted by Crippen LogP contribution is 2.33. The summed E-state index contributed by atoms with van der Waals surface area (Å²) in [5.41, 5.74) is 1.10. The second kappa shape index (κ2) is 7.90. The van der Waals surface area contributed by atoms with Gasteiger partial charge in [-0.3, -0.25) is 9.59 Å². The van der Waals surface area contributed by atoms with Crippen LogP contribution >= 0.6 is 11.3 Å². The van der Waals surface area contributed by atoms with Crippen LogP contribution in [0.3, 0.4) is 0 Å². The van der Waals surface area contributed by atoms with Crippen LogP contribution in [0.5, 0.6) is 0 Å². The van der Waals surface area contributed by atoms with E-state index >= 15 is 0 Å². The van der Waals surface area contributed by atoms with Gasteiger partial charge in [0.05, 0.1) is 10.4 Å². The van der Waals surface area contributed by atoms with Crippen molar-refractivity contribution in [3.8, 4) is 6.07 Å². The minimum Gasteiger partial charge on any atom is -0.338 e. The number of carbonyl (C=O) groups is 2. The highest BCUT2D eigenvalue weighted by atomic mass is 32.1. The molecule has 0 aliphatic heterocycles. The maximum absolute atomic E-state index is 13.0. The molecule has 0 saturated carbocycles. The van der Waals surface area contributed by atoms with Gasteiger partial charge in [-0.2, -0.15) is 5.26 Å². The molecule has 5 nitrogen and oxygen atoms in total. The number of carbonyl (C=O) groups excluding carboxylic acids is 2. The summed E-state index contributed by atoms with van der Waals surface area (Å²) in [4.78, 5) is 27.0. The molecule has 25 heavy (non-hydrogen) atoms. The first kappa shape index (κ1) is 18.6. The Bertz CT molecular complexity index is 833. The Kier molecular flexibility index (Phi) is 5.88. The van der Waals surface area contributed by atoms with Gasteiger partial charge in [-0.25, -0.2) is 4.39 Å². The lowest BCUT2D eigenvalue weighted by Crippen LogP contribution is -2.30. The van der Waals surface area contributed by atoms with Gasteiger partial charge in [-0.15, -0.1) is 11.3 Å². The molecule has 0 fully saturated rings. The number of nitrogens with zero attached hydrogens (tertiary/aromatic N) is 2. The molecule has 0 spiro atoms. The van der Waals surface area contributed by atoms with Gasteiger partial charge >= 0.3 is 0 Å². The number of hydrogen-bond acceptors (Lipinski definition) is 4. The van der Waals surface area contributed by atoms with Crippen molar-refractivity contribution < 1.29 is 14.0 Å². The van der Waals surface area contributed by atoms with Crippen LogP contribution in [0.1, 0.15) is 45.0 Å². The third-order valence-electron chi connectivity index (χ3n) is 3.84. The summed E-state index contributed by atoms with van der Waals surface area (Å²) >= 11 is 1.08. The number of halogens is 1. The van der Waals surface area contributed by atoms with Crippen molar-refractivity contribution in [3.63, 3.8) is 0 Å². The average Bonchev–Trinajstić information content (AvgIpc) is 2.91. The Balaban J connectivity index is 2.34. The van der Waals surface area contributed by atoms with Crippen molar-refractivity contribution in [1.29, 1.82) is 5.26 Å². The molecule has 2 aromatic rings. The number of thiophene rings is 1. The van der Waals surface area contributed by atoms with Gasteiger partial charge in [-0.1, -0.05) is 0 Å². The SMILES string of the molecule is CCN(CC)C(=O)c1sc(NC(=O)c2ccc(F)cc2)c(C#N)c1C. The highest BCUT2D eigenvalue weighted by molar-refractivity contribution is 7.18. The second-order valence-corrected chi connectivity index (χ2v) is 6.33. The molecule has 0 bridgehead atoms. The van der Waals surface area contributed by atoms with Crippen LogP contribution in [0.25, 0.3) is 0 Å². The third kappa shape index (κ3) is 3.86. The smallest absolute Gasteiger partial charge is 0.264 e. The topological polar surface area (TPSA) is 73.2 Å². The van der Waals surface area contributed by atoms with Crippen molar-refractivity contribution >= 4 is 28.2 Å². The second-order valence-electron chi connectivity index (χ2n) is 5.31. The van der Waals surface area contributed by atoms with E-state index in [1.165, 1.54) is 24.3 Å². The lowest BCUT2D eigenvalue weighted by atomic mass is 10.1. The summed E-state index contributed by atoms with van der Waals surface area (Å²) in [7, 11) is 0. The number of hydrogen-bond donors (Lipinski definition) is 1. The van der Waals surface area contributed by atoms with E-state index in [0.29, 0.717) is 28.5 Å². The standard InChI is InChI=1S/C18H18FN3O2S/c1-4-22(5-2)18(24)15-11(3)14(10-20)17(25-15)21-16(23)12-6-8-13(19)9-7-12/h6-9H,4-5H2,1-3H3,(H,21,23). The molecule has 2 amide bonds. The zero-order valence-corrected chi connectivity index (χ0v) is 15.0. The van der Waals surface area contributed by atoms with Crippen LogP contribution in [-0.2, 0) is 0 Å². The first-order valence-corrected chi connectivity index (χ1v) is 8.64. The molecule has 1 heterocycles. The highest BCUT2D eigenvalue weighted by Gasteiger charge is 2.24. The lowest BCUT2D eigenvalue weighted by molar-refractivity contribution is 0.0777. The van der Waals surface area contributed by atoms with Crippen LogP contribution in [-0.4, -0.2) is 29.8 Å². The van der Waals surface area contributed by atoms with Gasteiger partial charge in [0, 0.05) is 18.7 Å². The fraction of sp³-hybridized carbons (Fsp3) is 0.278. The first-order valence-electron chi connectivity index (χ1n) is 7.82. The van der Waals surface area contributed by atoms with E-state index in [4.69, 9.17) is 0 Å². The number of rotatable bonds is 5. The van der Waals surface area contributed by atoms with E-state index in [9.17, 15) is 19.2 Å². The van der Waals surface area contributed by atoms with Gasteiger partial charge in [-0.05, 0) is 50.6 Å². The van der Waals surface area contributed by atoms with Gasteiger partial charge < -0.3 is 10.2 Å². The van der Waals surface area contributed by atoms with Crippen LogP contribution in [0, 0.1) is 24.1 Å². The molecule has 1 aromatic heterocycles. The Hall–Kier alpha value is -2.72. The molecule has 0 radical (unpaired) electrons. The van der Waals surface area contributed by atoms with Crippen molar-refractivity contribution in [2.45, 2.75) is 20.8 Å². The van der Waals surface area contributed by atoms with Crippen molar-refractivity contribution in [3.05, 3.63) is 51.7 Å². The predicted octanol–water partition coefficient (Wildman–Crippen LogP) is 3.80. The molecule has 0 aliphatic rings. The minimum atomic E-state index is -0.459. The summed E-state index contributed by atoms with van der Waals surface area (Å²) in [6.07, 6.45) is 0. The van der Waals surface area contributed by atoms with E-state index in [0.717, 1.165) is 11.3 Å². The Labute approximate surface area is 149 Å². The van der Waals surface area contributed by atoms with Crippen LogP contribution in [0.15, 0.2) is 24.3 Å². The number of anilines is 1. The molecule has 0 saturated heterocycles. The summed E-state index contributed by atoms with van der Waals surface area (Å²) in [6.45, 7) is 6.58. The van der Waals surface area contributed by atoms with Gasteiger partial charge in [0.2, 0.25) is 0 Å². The maximum Gasteiger partial charge on any atom is 0.264 e. The van der Waals surface area contributed by atoms with Crippen LogP contribution in [0.2, 0.25) is 0 Å². The summed E-state index contributed by atoms with van der Waals surface area (Å²) in [5, 5.41) is 12.4. The third-order valence-corrected chi connectivity index (χ3v) is 5.03. The zero-order chi connectivity index (χ0) is 18.6. The summed E-state index contributed by atoms with van der Waals surface area (Å²) < 4.78 is 13.0. The van der Waals surface area contributed by atoms with E-state index < -0.39 is 11.7 Å². The first-order chi connectivity index (χ1) is 11.9. The van der Waals surface area contributed by atoms with Crippen LogP contribution < -0.4 is 5.32 Å². The summed E-state index contributed by atoms with van der Waals surface area (Å²) in [6, 6.07) is 7.14. The fourth-order valence-corrected chi connectivity index (χ4v) is 3.49. The quantitative estimate of drug-likeness (QED) is 0.882. The molecule has 7 heteroatoms. The van der Waals surface area contributed by atoms with Gasteiger partial charge in [0.15, 0.2) is 0 Å². The van der Waals surface area contributed by atoms with E-state index in [-0.39, 0.29) is 17.0 Å². The molecule has 130 valence electrons. The lowest BCUT2D eigenvalue weighted by Gasteiger charge is -2.17. The van der Waals surface area contributed by atoms with Gasteiger partial charge in [0.1, 0.15) is 16.9 Å². The monoisotopic (exact) mass is 359 g/mol. The molecular formula is C18H18FN3O2S. The maximum atomic E-state index is 13.0. The van der Waals surface area contributed by atoms with E-state index in [1.807, 2.05) is 19.9 Å². The number of nitrogens with one attached hydrogen (secondary N) is 1. The van der Waals surface area contributed by atoms with E-state index in [2.05, 4.69) is 5.32 Å². The largest absolute Gasteiger partial charge is 0.338 e. The molecule has 0 atom stereocenters. The summed E-state index contributed by atoms with van der Waals surface area (Å²) in [5.74, 6) is -1.06. The average molecular weight is 359 g/mol. The minimum absolute atomic E-state index is 0.161. The Morgan fingerprint density at radius 3 is 2.36 bits per heavy atom. The molecular weight excluding hydrogens is 341 g/mol. The Morgan fingerprint density at radius 1 is 1.24 bits per heavy atom. The molecule has 0 aliphatic carbocycles. The molecule has 2 rings (SSSR count).